The zero-order valence-electron chi connectivity index (χ0n) is 10.1. The average Bonchev–Trinajstić information content (AvgIpc) is 2.19. The Hall–Kier alpha value is -0.110. The molecule has 0 saturated carbocycles. The van der Waals surface area contributed by atoms with Gasteiger partial charge in [-0.15, -0.1) is 0 Å². The molecule has 0 atom stereocenters. The van der Waals surface area contributed by atoms with Gasteiger partial charge < -0.3 is 9.05 Å². The van der Waals surface area contributed by atoms with Crippen LogP contribution in [-0.2, 0) is 13.6 Å². The molecule has 0 aliphatic carbocycles. The third-order valence-electron chi connectivity index (χ3n) is 1.87. The number of hydrogen-bond acceptors (Lipinski definition) is 3. The summed E-state index contributed by atoms with van der Waals surface area (Å²) >= 11 is 0. The van der Waals surface area contributed by atoms with E-state index < -0.39 is 7.60 Å². The Morgan fingerprint density at radius 3 is 1.87 bits per heavy atom. The molecule has 4 heteroatoms. The Balaban J connectivity index is 4.01. The van der Waals surface area contributed by atoms with E-state index in [1.54, 1.807) is 11.9 Å². The molecule has 0 spiro atoms. The summed E-state index contributed by atoms with van der Waals surface area (Å²) < 4.78 is 22.6. The molecule has 0 aliphatic heterocycles. The highest BCUT2D eigenvalue weighted by Gasteiger charge is 2.19. The molecule has 15 heavy (non-hydrogen) atoms. The average molecular weight is 234 g/mol. The summed E-state index contributed by atoms with van der Waals surface area (Å²) in [4.78, 5) is 0. The number of unbranched alkanes of at least 4 members (excludes halogenated alkanes) is 2. The predicted octanol–water partition coefficient (Wildman–Crippen LogP) is 4.35. The Labute approximate surface area is 93.4 Å². The largest absolute Gasteiger partial charge is 0.353 e. The first-order valence-corrected chi connectivity index (χ1v) is 7.32. The Kier molecular flexibility index (Phi) is 9.07. The molecule has 0 saturated heterocycles. The van der Waals surface area contributed by atoms with Gasteiger partial charge >= 0.3 is 7.60 Å². The zero-order chi connectivity index (χ0) is 11.6. The van der Waals surface area contributed by atoms with Crippen LogP contribution in [0.4, 0.5) is 0 Å². The van der Waals surface area contributed by atoms with Crippen LogP contribution >= 0.6 is 7.60 Å². The van der Waals surface area contributed by atoms with Crippen LogP contribution < -0.4 is 0 Å². The topological polar surface area (TPSA) is 35.5 Å². The summed E-state index contributed by atoms with van der Waals surface area (Å²) in [5.41, 5.74) is 0. The van der Waals surface area contributed by atoms with Gasteiger partial charge in [-0.1, -0.05) is 32.8 Å². The van der Waals surface area contributed by atoms with Crippen molar-refractivity contribution in [1.82, 2.24) is 0 Å². The molecule has 3 nitrogen and oxygen atoms in total. The first-order valence-electron chi connectivity index (χ1n) is 5.71. The van der Waals surface area contributed by atoms with E-state index in [0.717, 1.165) is 25.7 Å². The van der Waals surface area contributed by atoms with E-state index in [4.69, 9.17) is 9.05 Å². The van der Waals surface area contributed by atoms with Gasteiger partial charge in [-0.2, -0.15) is 0 Å². The Morgan fingerprint density at radius 2 is 1.53 bits per heavy atom. The van der Waals surface area contributed by atoms with E-state index in [-0.39, 0.29) is 0 Å². The summed E-state index contributed by atoms with van der Waals surface area (Å²) in [5.74, 6) is 1.54. The van der Waals surface area contributed by atoms with Gasteiger partial charge in [-0.3, -0.25) is 4.57 Å². The number of hydrogen-bond donors (Lipinski definition) is 0. The SMILES string of the molecule is C/C=C/P(=O)(OCCCC)OCCCC. The van der Waals surface area contributed by atoms with Crippen molar-refractivity contribution in [3.8, 4) is 0 Å². The molecule has 90 valence electrons. The fourth-order valence-electron chi connectivity index (χ4n) is 0.978. The Morgan fingerprint density at radius 1 is 1.07 bits per heavy atom. The molecular weight excluding hydrogens is 211 g/mol. The van der Waals surface area contributed by atoms with Crippen molar-refractivity contribution in [2.24, 2.45) is 0 Å². The lowest BCUT2D eigenvalue weighted by atomic mass is 10.4. The Bertz CT molecular complexity index is 200. The maximum Gasteiger partial charge on any atom is 0.353 e. The van der Waals surface area contributed by atoms with Gasteiger partial charge in [0.15, 0.2) is 0 Å². The predicted molar refractivity (Wildman–Crippen MR) is 64.1 cm³/mol. The molecule has 0 rings (SSSR count). The van der Waals surface area contributed by atoms with Crippen molar-refractivity contribution in [2.45, 2.75) is 46.5 Å². The molecule has 0 radical (unpaired) electrons. The summed E-state index contributed by atoms with van der Waals surface area (Å²) in [7, 11) is -2.96. The third kappa shape index (κ3) is 7.78. The minimum atomic E-state index is -2.96. The summed E-state index contributed by atoms with van der Waals surface area (Å²) in [6, 6.07) is 0. The molecule has 0 aromatic rings. The highest BCUT2D eigenvalue weighted by Crippen LogP contribution is 2.50. The van der Waals surface area contributed by atoms with E-state index >= 15 is 0 Å². The molecule has 0 fully saturated rings. The fraction of sp³-hybridized carbons (Fsp3) is 0.818. The monoisotopic (exact) mass is 234 g/mol. The van der Waals surface area contributed by atoms with Crippen LogP contribution in [0.25, 0.3) is 0 Å². The second-order valence-corrected chi connectivity index (χ2v) is 5.29. The molecule has 0 aromatic heterocycles. The maximum absolute atomic E-state index is 12.0. The van der Waals surface area contributed by atoms with Crippen LogP contribution in [0.15, 0.2) is 11.9 Å². The lowest BCUT2D eigenvalue weighted by Gasteiger charge is -2.14. The smallest absolute Gasteiger partial charge is 0.306 e. The molecule has 0 aliphatic rings. The van der Waals surface area contributed by atoms with E-state index in [0.29, 0.717) is 13.2 Å². The van der Waals surface area contributed by atoms with E-state index in [1.165, 1.54) is 0 Å². The molecule has 0 aromatic carbocycles. The van der Waals surface area contributed by atoms with Crippen LogP contribution in [0.5, 0.6) is 0 Å². The van der Waals surface area contributed by atoms with Crippen LogP contribution in [0, 0.1) is 0 Å². The number of allylic oxidation sites excluding steroid dienone is 1. The highest BCUT2D eigenvalue weighted by atomic mass is 31.2. The lowest BCUT2D eigenvalue weighted by Crippen LogP contribution is -1.97. The van der Waals surface area contributed by atoms with Crippen molar-refractivity contribution < 1.29 is 13.6 Å². The quantitative estimate of drug-likeness (QED) is 0.439. The van der Waals surface area contributed by atoms with Gasteiger partial charge in [0.05, 0.1) is 13.2 Å². The fourth-order valence-corrected chi connectivity index (χ4v) is 2.36. The van der Waals surface area contributed by atoms with Crippen molar-refractivity contribution in [2.75, 3.05) is 13.2 Å². The van der Waals surface area contributed by atoms with E-state index in [1.807, 2.05) is 6.92 Å². The lowest BCUT2D eigenvalue weighted by molar-refractivity contribution is 0.207. The van der Waals surface area contributed by atoms with Crippen LogP contribution in [-0.4, -0.2) is 13.2 Å². The third-order valence-corrected chi connectivity index (χ3v) is 3.62. The minimum absolute atomic E-state index is 0.504. The normalized spacial score (nSPS) is 12.5. The standard InChI is InChI=1S/C11H23O3P/c1-4-7-9-13-15(12,11-6-3)14-10-8-5-2/h6,11H,4-5,7-10H2,1-3H3/b11-6+. The zero-order valence-corrected chi connectivity index (χ0v) is 11.0. The van der Waals surface area contributed by atoms with Crippen LogP contribution in [0.3, 0.4) is 0 Å². The van der Waals surface area contributed by atoms with Crippen molar-refractivity contribution >= 4 is 7.60 Å². The van der Waals surface area contributed by atoms with Crippen molar-refractivity contribution in [3.05, 3.63) is 11.9 Å². The minimum Gasteiger partial charge on any atom is -0.306 e. The summed E-state index contributed by atoms with van der Waals surface area (Å²) in [5, 5.41) is 0. The summed E-state index contributed by atoms with van der Waals surface area (Å²) in [6.45, 7) is 6.97. The van der Waals surface area contributed by atoms with Crippen LogP contribution in [0.2, 0.25) is 0 Å². The second kappa shape index (κ2) is 9.14. The molecule has 0 heterocycles. The maximum atomic E-state index is 12.0. The highest BCUT2D eigenvalue weighted by molar-refractivity contribution is 7.57. The summed E-state index contributed by atoms with van der Waals surface area (Å²) in [6.07, 6.45) is 5.62. The van der Waals surface area contributed by atoms with E-state index in [9.17, 15) is 4.57 Å². The molecular formula is C11H23O3P. The second-order valence-electron chi connectivity index (χ2n) is 3.40. The van der Waals surface area contributed by atoms with Gasteiger partial charge in [0.25, 0.3) is 0 Å². The van der Waals surface area contributed by atoms with Gasteiger partial charge in [0, 0.05) is 5.82 Å². The van der Waals surface area contributed by atoms with Crippen LogP contribution in [0.1, 0.15) is 46.5 Å². The van der Waals surface area contributed by atoms with Gasteiger partial charge in [0.2, 0.25) is 0 Å². The van der Waals surface area contributed by atoms with E-state index in [2.05, 4.69) is 13.8 Å². The molecule has 0 bridgehead atoms. The van der Waals surface area contributed by atoms with Gasteiger partial charge in [0.1, 0.15) is 0 Å². The first kappa shape index (κ1) is 14.9. The van der Waals surface area contributed by atoms with Gasteiger partial charge in [-0.05, 0) is 19.8 Å². The molecule has 0 N–H and O–H groups in total. The molecule has 0 amide bonds. The number of rotatable bonds is 9. The van der Waals surface area contributed by atoms with Crippen molar-refractivity contribution in [1.29, 1.82) is 0 Å². The molecule has 0 unspecified atom stereocenters. The first-order chi connectivity index (χ1) is 7.18. The van der Waals surface area contributed by atoms with Crippen molar-refractivity contribution in [3.63, 3.8) is 0 Å². The van der Waals surface area contributed by atoms with Gasteiger partial charge in [-0.25, -0.2) is 0 Å².